The summed E-state index contributed by atoms with van der Waals surface area (Å²) >= 11 is 0. The number of nitro groups is 1. The minimum atomic E-state index is -0.584. The third kappa shape index (κ3) is 3.35. The SMILES string of the molecule is Cn1nccc1CCNC(=O)c1ccc([N+](=O)[O-])c(N)c1. The Bertz CT molecular complexity index is 680. The summed E-state index contributed by atoms with van der Waals surface area (Å²) in [7, 11) is 1.83. The number of nitrogens with two attached hydrogens (primary N) is 1. The molecule has 0 aliphatic rings. The lowest BCUT2D eigenvalue weighted by Crippen LogP contribution is -2.26. The molecule has 21 heavy (non-hydrogen) atoms. The van der Waals surface area contributed by atoms with Crippen LogP contribution in [0.3, 0.4) is 0 Å². The number of anilines is 1. The molecule has 0 bridgehead atoms. The monoisotopic (exact) mass is 289 g/mol. The Labute approximate surface area is 120 Å². The molecule has 2 aromatic rings. The summed E-state index contributed by atoms with van der Waals surface area (Å²) in [5.74, 6) is -0.321. The van der Waals surface area contributed by atoms with Crippen molar-refractivity contribution in [3.05, 3.63) is 51.8 Å². The van der Waals surface area contributed by atoms with E-state index in [-0.39, 0.29) is 17.3 Å². The van der Waals surface area contributed by atoms with E-state index in [9.17, 15) is 14.9 Å². The molecule has 3 N–H and O–H groups in total. The van der Waals surface area contributed by atoms with Crippen molar-refractivity contribution >= 4 is 17.3 Å². The number of nitrogen functional groups attached to an aromatic ring is 1. The first-order valence-corrected chi connectivity index (χ1v) is 6.28. The van der Waals surface area contributed by atoms with Gasteiger partial charge in [-0.15, -0.1) is 0 Å². The fourth-order valence-corrected chi connectivity index (χ4v) is 1.91. The molecule has 2 rings (SSSR count). The van der Waals surface area contributed by atoms with E-state index >= 15 is 0 Å². The summed E-state index contributed by atoms with van der Waals surface area (Å²) in [4.78, 5) is 22.0. The number of carbonyl (C=O) groups is 1. The van der Waals surface area contributed by atoms with E-state index < -0.39 is 4.92 Å². The van der Waals surface area contributed by atoms with Gasteiger partial charge in [-0.2, -0.15) is 5.10 Å². The van der Waals surface area contributed by atoms with Gasteiger partial charge in [0.1, 0.15) is 5.69 Å². The topological polar surface area (TPSA) is 116 Å². The minimum absolute atomic E-state index is 0.0284. The number of hydrogen-bond acceptors (Lipinski definition) is 5. The number of nitro benzene ring substituents is 1. The van der Waals surface area contributed by atoms with Crippen LogP contribution in [0.2, 0.25) is 0 Å². The summed E-state index contributed by atoms with van der Waals surface area (Å²) < 4.78 is 1.73. The maximum atomic E-state index is 11.9. The van der Waals surface area contributed by atoms with Crippen LogP contribution >= 0.6 is 0 Å². The second-order valence-corrected chi connectivity index (χ2v) is 4.48. The number of aryl methyl sites for hydroxylation is 1. The molecular formula is C13H15N5O3. The van der Waals surface area contributed by atoms with Crippen molar-refractivity contribution in [2.45, 2.75) is 6.42 Å². The lowest BCUT2D eigenvalue weighted by molar-refractivity contribution is -0.383. The molecule has 0 unspecified atom stereocenters. The number of amides is 1. The highest BCUT2D eigenvalue weighted by molar-refractivity contribution is 5.95. The quantitative estimate of drug-likeness (QED) is 0.481. The molecule has 110 valence electrons. The maximum absolute atomic E-state index is 11.9. The van der Waals surface area contributed by atoms with Gasteiger partial charge in [-0.05, 0) is 18.2 Å². The Balaban J connectivity index is 1.96. The average molecular weight is 289 g/mol. The zero-order valence-corrected chi connectivity index (χ0v) is 11.4. The van der Waals surface area contributed by atoms with Gasteiger partial charge >= 0.3 is 0 Å². The maximum Gasteiger partial charge on any atom is 0.292 e. The Morgan fingerprint density at radius 2 is 2.24 bits per heavy atom. The van der Waals surface area contributed by atoms with Crippen molar-refractivity contribution in [1.82, 2.24) is 15.1 Å². The van der Waals surface area contributed by atoms with E-state index in [1.54, 1.807) is 10.9 Å². The molecule has 0 saturated carbocycles. The minimum Gasteiger partial charge on any atom is -0.393 e. The summed E-state index contributed by atoms with van der Waals surface area (Å²) in [6.07, 6.45) is 2.33. The smallest absolute Gasteiger partial charge is 0.292 e. The second-order valence-electron chi connectivity index (χ2n) is 4.48. The molecule has 1 aromatic carbocycles. The van der Waals surface area contributed by atoms with Gasteiger partial charge in [-0.25, -0.2) is 0 Å². The van der Waals surface area contributed by atoms with E-state index in [4.69, 9.17) is 5.73 Å². The van der Waals surface area contributed by atoms with E-state index in [0.717, 1.165) is 5.69 Å². The van der Waals surface area contributed by atoms with Crippen molar-refractivity contribution in [3.63, 3.8) is 0 Å². The zero-order valence-electron chi connectivity index (χ0n) is 11.4. The third-order valence-electron chi connectivity index (χ3n) is 3.08. The molecule has 1 amide bonds. The Morgan fingerprint density at radius 1 is 1.48 bits per heavy atom. The Hall–Kier alpha value is -2.90. The number of nitrogens with one attached hydrogen (secondary N) is 1. The first-order chi connectivity index (χ1) is 9.99. The first kappa shape index (κ1) is 14.5. The van der Waals surface area contributed by atoms with E-state index in [2.05, 4.69) is 10.4 Å². The fourth-order valence-electron chi connectivity index (χ4n) is 1.91. The normalized spacial score (nSPS) is 10.3. The van der Waals surface area contributed by atoms with Gasteiger partial charge in [0.25, 0.3) is 11.6 Å². The van der Waals surface area contributed by atoms with Gasteiger partial charge in [0.05, 0.1) is 4.92 Å². The van der Waals surface area contributed by atoms with E-state index in [1.807, 2.05) is 13.1 Å². The largest absolute Gasteiger partial charge is 0.393 e. The van der Waals surface area contributed by atoms with Gasteiger partial charge in [0.2, 0.25) is 0 Å². The molecule has 0 aliphatic carbocycles. The summed E-state index contributed by atoms with van der Waals surface area (Å²) in [5, 5.41) is 17.4. The second kappa shape index (κ2) is 6.04. The van der Waals surface area contributed by atoms with Crippen molar-refractivity contribution in [1.29, 1.82) is 0 Å². The number of benzene rings is 1. The van der Waals surface area contributed by atoms with Crippen LogP contribution in [-0.2, 0) is 13.5 Å². The van der Waals surface area contributed by atoms with Crippen molar-refractivity contribution in [2.75, 3.05) is 12.3 Å². The molecule has 0 saturated heterocycles. The van der Waals surface area contributed by atoms with Crippen LogP contribution < -0.4 is 11.1 Å². The lowest BCUT2D eigenvalue weighted by Gasteiger charge is -2.06. The van der Waals surface area contributed by atoms with Crippen LogP contribution in [0.4, 0.5) is 11.4 Å². The number of nitrogens with zero attached hydrogens (tertiary/aromatic N) is 3. The zero-order chi connectivity index (χ0) is 15.4. The van der Waals surface area contributed by atoms with Gasteiger partial charge in [0, 0.05) is 43.5 Å². The standard InChI is InChI=1S/C13H15N5O3/c1-17-10(5-7-16-17)4-6-15-13(19)9-2-3-12(18(20)21)11(14)8-9/h2-3,5,7-8H,4,6,14H2,1H3,(H,15,19). The van der Waals surface area contributed by atoms with E-state index in [0.29, 0.717) is 18.5 Å². The molecule has 0 spiro atoms. The van der Waals surface area contributed by atoms with Crippen LogP contribution in [0.5, 0.6) is 0 Å². The number of carbonyl (C=O) groups excluding carboxylic acids is 1. The Kier molecular flexibility index (Phi) is 4.17. The molecule has 0 aliphatic heterocycles. The molecule has 1 aromatic heterocycles. The van der Waals surface area contributed by atoms with Crippen LogP contribution in [0, 0.1) is 10.1 Å². The summed E-state index contributed by atoms with van der Waals surface area (Å²) in [5.41, 5.74) is 6.61. The van der Waals surface area contributed by atoms with Gasteiger partial charge < -0.3 is 11.1 Å². The molecule has 8 nitrogen and oxygen atoms in total. The lowest BCUT2D eigenvalue weighted by atomic mass is 10.1. The number of rotatable bonds is 5. The highest BCUT2D eigenvalue weighted by Crippen LogP contribution is 2.21. The average Bonchev–Trinajstić information content (AvgIpc) is 2.83. The first-order valence-electron chi connectivity index (χ1n) is 6.28. The molecule has 0 atom stereocenters. The van der Waals surface area contributed by atoms with Crippen molar-refractivity contribution in [3.8, 4) is 0 Å². The molecule has 0 radical (unpaired) electrons. The molecular weight excluding hydrogens is 274 g/mol. The van der Waals surface area contributed by atoms with Gasteiger partial charge in [0.15, 0.2) is 0 Å². The van der Waals surface area contributed by atoms with Crippen LogP contribution in [-0.4, -0.2) is 27.2 Å². The predicted octanol–water partition coefficient (Wildman–Crippen LogP) is 0.883. The Morgan fingerprint density at radius 3 is 2.81 bits per heavy atom. The molecule has 1 heterocycles. The third-order valence-corrected chi connectivity index (χ3v) is 3.08. The highest BCUT2D eigenvalue weighted by atomic mass is 16.6. The number of hydrogen-bond donors (Lipinski definition) is 2. The van der Waals surface area contributed by atoms with Crippen LogP contribution in [0.25, 0.3) is 0 Å². The van der Waals surface area contributed by atoms with Crippen LogP contribution in [0.15, 0.2) is 30.5 Å². The summed E-state index contributed by atoms with van der Waals surface area (Å²) in [6.45, 7) is 0.440. The van der Waals surface area contributed by atoms with Crippen molar-refractivity contribution < 1.29 is 9.72 Å². The molecule has 8 heteroatoms. The predicted molar refractivity (Wildman–Crippen MR) is 76.8 cm³/mol. The van der Waals surface area contributed by atoms with Crippen molar-refractivity contribution in [2.24, 2.45) is 7.05 Å². The van der Waals surface area contributed by atoms with E-state index in [1.165, 1.54) is 18.2 Å². The number of aromatic nitrogens is 2. The fraction of sp³-hybridized carbons (Fsp3) is 0.231. The summed E-state index contributed by atoms with van der Waals surface area (Å²) in [6, 6.07) is 5.78. The van der Waals surface area contributed by atoms with Gasteiger partial charge in [-0.3, -0.25) is 19.6 Å². The molecule has 0 fully saturated rings. The highest BCUT2D eigenvalue weighted by Gasteiger charge is 2.14. The van der Waals surface area contributed by atoms with Gasteiger partial charge in [-0.1, -0.05) is 0 Å². The van der Waals surface area contributed by atoms with Crippen LogP contribution in [0.1, 0.15) is 16.1 Å².